The Kier molecular flexibility index (Phi) is 4.32. The van der Waals surface area contributed by atoms with E-state index in [0.717, 1.165) is 25.7 Å². The summed E-state index contributed by atoms with van der Waals surface area (Å²) in [5.74, 6) is 1.26. The summed E-state index contributed by atoms with van der Waals surface area (Å²) in [4.78, 5) is 0. The molecule has 0 heterocycles. The van der Waals surface area contributed by atoms with Crippen LogP contribution >= 0.6 is 0 Å². The van der Waals surface area contributed by atoms with Gasteiger partial charge in [-0.15, -0.1) is 0 Å². The van der Waals surface area contributed by atoms with Crippen molar-refractivity contribution in [1.29, 1.82) is 0 Å². The molecule has 1 aliphatic carbocycles. The molecule has 1 saturated carbocycles. The molecule has 0 amide bonds. The molecule has 1 aromatic carbocycles. The van der Waals surface area contributed by atoms with Gasteiger partial charge in [-0.3, -0.25) is 0 Å². The van der Waals surface area contributed by atoms with Gasteiger partial charge in [-0.1, -0.05) is 12.8 Å². The van der Waals surface area contributed by atoms with Crippen molar-refractivity contribution in [1.82, 2.24) is 0 Å². The average Bonchev–Trinajstić information content (AvgIpc) is 2.83. The predicted octanol–water partition coefficient (Wildman–Crippen LogP) is 2.43. The van der Waals surface area contributed by atoms with E-state index in [0.29, 0.717) is 17.1 Å². The molecule has 2 N–H and O–H groups in total. The highest BCUT2D eigenvalue weighted by Crippen LogP contribution is 2.33. The fourth-order valence-electron chi connectivity index (χ4n) is 2.50. The number of ether oxygens (including phenoxy) is 2. The summed E-state index contributed by atoms with van der Waals surface area (Å²) >= 11 is 0. The SMILES string of the molecule is COc1ccc([C@@H](C)O)c(OCC2(O)CCCC2)c1. The van der Waals surface area contributed by atoms with E-state index in [9.17, 15) is 10.2 Å². The second kappa shape index (κ2) is 5.80. The quantitative estimate of drug-likeness (QED) is 0.859. The molecule has 4 heteroatoms. The topological polar surface area (TPSA) is 58.9 Å². The number of hydrogen-bond donors (Lipinski definition) is 2. The van der Waals surface area contributed by atoms with Crippen LogP contribution < -0.4 is 9.47 Å². The highest BCUT2D eigenvalue weighted by molar-refractivity contribution is 5.41. The molecule has 0 aromatic heterocycles. The molecule has 1 fully saturated rings. The zero-order valence-electron chi connectivity index (χ0n) is 11.6. The molecule has 4 nitrogen and oxygen atoms in total. The Labute approximate surface area is 114 Å². The summed E-state index contributed by atoms with van der Waals surface area (Å²) in [6.07, 6.45) is 3.03. The maximum Gasteiger partial charge on any atom is 0.128 e. The normalized spacial score (nSPS) is 19.2. The van der Waals surface area contributed by atoms with Crippen LogP contribution in [0.2, 0.25) is 0 Å². The molecule has 0 spiro atoms. The maximum absolute atomic E-state index is 10.3. The minimum atomic E-state index is -0.723. The Morgan fingerprint density at radius 1 is 1.32 bits per heavy atom. The second-order valence-corrected chi connectivity index (χ2v) is 5.30. The molecule has 0 saturated heterocycles. The Balaban J connectivity index is 2.13. The van der Waals surface area contributed by atoms with Crippen molar-refractivity contribution in [2.75, 3.05) is 13.7 Å². The fourth-order valence-corrected chi connectivity index (χ4v) is 2.50. The van der Waals surface area contributed by atoms with Crippen LogP contribution in [0.25, 0.3) is 0 Å². The monoisotopic (exact) mass is 266 g/mol. The van der Waals surface area contributed by atoms with Crippen molar-refractivity contribution in [2.24, 2.45) is 0 Å². The Morgan fingerprint density at radius 3 is 2.58 bits per heavy atom. The number of benzene rings is 1. The van der Waals surface area contributed by atoms with Gasteiger partial charge in [0, 0.05) is 11.6 Å². The first-order valence-corrected chi connectivity index (χ1v) is 6.75. The van der Waals surface area contributed by atoms with E-state index in [2.05, 4.69) is 0 Å². The summed E-state index contributed by atoms with van der Waals surface area (Å²) in [6.45, 7) is 1.96. The lowest BCUT2D eigenvalue weighted by Crippen LogP contribution is -2.32. The molecule has 19 heavy (non-hydrogen) atoms. The van der Waals surface area contributed by atoms with Gasteiger partial charge in [-0.05, 0) is 31.9 Å². The van der Waals surface area contributed by atoms with Gasteiger partial charge in [-0.25, -0.2) is 0 Å². The predicted molar refractivity (Wildman–Crippen MR) is 72.5 cm³/mol. The van der Waals surface area contributed by atoms with E-state index in [1.807, 2.05) is 0 Å². The van der Waals surface area contributed by atoms with Crippen molar-refractivity contribution in [3.05, 3.63) is 23.8 Å². The van der Waals surface area contributed by atoms with Crippen LogP contribution in [0.4, 0.5) is 0 Å². The van der Waals surface area contributed by atoms with Crippen molar-refractivity contribution in [3.8, 4) is 11.5 Å². The summed E-state index contributed by atoms with van der Waals surface area (Å²) in [7, 11) is 1.59. The lowest BCUT2D eigenvalue weighted by atomic mass is 10.0. The largest absolute Gasteiger partial charge is 0.497 e. The van der Waals surface area contributed by atoms with Gasteiger partial charge in [-0.2, -0.15) is 0 Å². The van der Waals surface area contributed by atoms with Crippen LogP contribution in [-0.2, 0) is 0 Å². The average molecular weight is 266 g/mol. The Bertz CT molecular complexity index is 422. The summed E-state index contributed by atoms with van der Waals surface area (Å²) < 4.78 is 10.9. The van der Waals surface area contributed by atoms with Crippen molar-refractivity contribution in [2.45, 2.75) is 44.3 Å². The van der Waals surface area contributed by atoms with E-state index >= 15 is 0 Å². The summed E-state index contributed by atoms with van der Waals surface area (Å²) in [6, 6.07) is 5.33. The van der Waals surface area contributed by atoms with Gasteiger partial charge in [0.15, 0.2) is 0 Å². The molecule has 2 rings (SSSR count). The first kappa shape index (κ1) is 14.2. The van der Waals surface area contributed by atoms with Crippen LogP contribution in [0, 0.1) is 0 Å². The number of hydrogen-bond acceptors (Lipinski definition) is 4. The number of rotatable bonds is 5. The first-order valence-electron chi connectivity index (χ1n) is 6.75. The van der Waals surface area contributed by atoms with Gasteiger partial charge in [0.1, 0.15) is 18.1 Å². The zero-order chi connectivity index (χ0) is 13.9. The standard InChI is InChI=1S/C15H22O4/c1-11(16)13-6-5-12(18-2)9-14(13)19-10-15(17)7-3-4-8-15/h5-6,9,11,16-17H,3-4,7-8,10H2,1-2H3/t11-/m1/s1. The third-order valence-corrected chi connectivity index (χ3v) is 3.70. The van der Waals surface area contributed by atoms with E-state index in [1.54, 1.807) is 32.2 Å². The van der Waals surface area contributed by atoms with Crippen molar-refractivity contribution < 1.29 is 19.7 Å². The minimum absolute atomic E-state index is 0.264. The van der Waals surface area contributed by atoms with Gasteiger partial charge in [0.2, 0.25) is 0 Å². The molecular formula is C15H22O4. The molecule has 0 aliphatic heterocycles. The van der Waals surface area contributed by atoms with Crippen molar-refractivity contribution >= 4 is 0 Å². The number of aliphatic hydroxyl groups is 2. The van der Waals surface area contributed by atoms with Crippen LogP contribution in [0.5, 0.6) is 11.5 Å². The van der Waals surface area contributed by atoms with E-state index < -0.39 is 11.7 Å². The van der Waals surface area contributed by atoms with Crippen LogP contribution in [0.3, 0.4) is 0 Å². The summed E-state index contributed by atoms with van der Waals surface area (Å²) in [5, 5.41) is 20.0. The molecule has 0 unspecified atom stereocenters. The molecular weight excluding hydrogens is 244 g/mol. The Hall–Kier alpha value is -1.26. The Morgan fingerprint density at radius 2 is 2.00 bits per heavy atom. The van der Waals surface area contributed by atoms with E-state index in [4.69, 9.17) is 9.47 Å². The molecule has 1 atom stereocenters. The molecule has 0 radical (unpaired) electrons. The molecule has 1 aromatic rings. The maximum atomic E-state index is 10.3. The van der Waals surface area contributed by atoms with Crippen LogP contribution in [0.15, 0.2) is 18.2 Å². The highest BCUT2D eigenvalue weighted by Gasteiger charge is 2.32. The second-order valence-electron chi connectivity index (χ2n) is 5.30. The highest BCUT2D eigenvalue weighted by atomic mass is 16.5. The smallest absolute Gasteiger partial charge is 0.128 e. The van der Waals surface area contributed by atoms with Crippen LogP contribution in [0.1, 0.15) is 44.3 Å². The fraction of sp³-hybridized carbons (Fsp3) is 0.600. The van der Waals surface area contributed by atoms with Gasteiger partial charge < -0.3 is 19.7 Å². The van der Waals surface area contributed by atoms with Crippen LogP contribution in [-0.4, -0.2) is 29.5 Å². The van der Waals surface area contributed by atoms with E-state index in [1.165, 1.54) is 0 Å². The summed E-state index contributed by atoms with van der Waals surface area (Å²) in [5.41, 5.74) is -0.0126. The number of aliphatic hydroxyl groups excluding tert-OH is 1. The lowest BCUT2D eigenvalue weighted by molar-refractivity contribution is 0.000409. The molecule has 1 aliphatic rings. The third kappa shape index (κ3) is 3.39. The lowest BCUT2D eigenvalue weighted by Gasteiger charge is -2.24. The van der Waals surface area contributed by atoms with Gasteiger partial charge in [0.25, 0.3) is 0 Å². The third-order valence-electron chi connectivity index (χ3n) is 3.70. The van der Waals surface area contributed by atoms with Gasteiger partial charge in [0.05, 0.1) is 18.8 Å². The minimum Gasteiger partial charge on any atom is -0.497 e. The zero-order valence-corrected chi connectivity index (χ0v) is 11.6. The molecule has 106 valence electrons. The first-order chi connectivity index (χ1) is 9.04. The van der Waals surface area contributed by atoms with Gasteiger partial charge >= 0.3 is 0 Å². The molecule has 0 bridgehead atoms. The van der Waals surface area contributed by atoms with Crippen molar-refractivity contribution in [3.63, 3.8) is 0 Å². The van der Waals surface area contributed by atoms with E-state index in [-0.39, 0.29) is 6.61 Å². The number of methoxy groups -OCH3 is 1.